The van der Waals surface area contributed by atoms with Crippen molar-refractivity contribution in [2.45, 2.75) is 78.6 Å². The predicted octanol–water partition coefficient (Wildman–Crippen LogP) is 7.46. The van der Waals surface area contributed by atoms with Gasteiger partial charge in [-0.25, -0.2) is 0 Å². The van der Waals surface area contributed by atoms with Crippen molar-refractivity contribution in [2.75, 3.05) is 0 Å². The van der Waals surface area contributed by atoms with E-state index in [1.165, 1.54) is 44.1 Å². The van der Waals surface area contributed by atoms with Crippen LogP contribution in [-0.4, -0.2) is 5.78 Å². The van der Waals surface area contributed by atoms with Crippen molar-refractivity contribution in [3.8, 4) is 0 Å². The van der Waals surface area contributed by atoms with Gasteiger partial charge in [0.2, 0.25) is 0 Å². The van der Waals surface area contributed by atoms with E-state index in [9.17, 15) is 4.79 Å². The van der Waals surface area contributed by atoms with Gasteiger partial charge in [-0.3, -0.25) is 4.79 Å². The molecule has 0 radical (unpaired) electrons. The third kappa shape index (κ3) is 2.86. The zero-order valence-corrected chi connectivity index (χ0v) is 23.9. The van der Waals surface area contributed by atoms with Gasteiger partial charge >= 0.3 is 0 Å². The molecule has 0 N–H and O–H groups in total. The molecule has 3 fully saturated rings. The third-order valence-corrected chi connectivity index (χ3v) is 11.3. The number of rotatable bonds is 4. The van der Waals surface area contributed by atoms with Gasteiger partial charge in [0.05, 0.1) is 0 Å². The van der Waals surface area contributed by atoms with Crippen molar-refractivity contribution >= 4 is 5.78 Å². The summed E-state index contributed by atoms with van der Waals surface area (Å²) in [7, 11) is 0. The van der Waals surface area contributed by atoms with Gasteiger partial charge in [-0.2, -0.15) is 0 Å². The van der Waals surface area contributed by atoms with Crippen LogP contribution in [0.2, 0.25) is 0 Å². The zero-order chi connectivity index (χ0) is 21.5. The summed E-state index contributed by atoms with van der Waals surface area (Å²) in [5, 5.41) is 0. The van der Waals surface area contributed by atoms with Crippen LogP contribution in [0.4, 0.5) is 0 Å². The van der Waals surface area contributed by atoms with E-state index in [1.807, 2.05) is 11.6 Å². The van der Waals surface area contributed by atoms with E-state index in [0.29, 0.717) is 34.4 Å². The number of hydrogen-bond acceptors (Lipinski definition) is 1. The number of allylic oxidation sites excluding steroid dienone is 7. The first-order valence-electron chi connectivity index (χ1n) is 13.3. The van der Waals surface area contributed by atoms with E-state index in [2.05, 4.69) is 45.6 Å². The quantitative estimate of drug-likeness (QED) is 0.244. The molecule has 6 rings (SSSR count). The number of carbonyl (C=O) groups excluding carboxylic acids is 1. The Morgan fingerprint density at radius 2 is 1.94 bits per heavy atom. The molecule has 9 atom stereocenters. The standard InChI is InChI=1S/C30H40O.Hf/c1-5-18-17-26(18)30(7-3)25-11-10-24(25)28-27-19(6-2)14-22-16-23(31)9-8-20(22)15-21(27)12-13-29(28,30)4;/h6,15-20,24-25,27-28H,2,5,7-14H2,1,3-4H3;/t18?,19-,20+,24?,25?,27+,28-,29-,30+;/m0./s1. The summed E-state index contributed by atoms with van der Waals surface area (Å²) in [4.78, 5) is 12.2. The van der Waals surface area contributed by atoms with Crippen LogP contribution in [-0.2, 0) is 30.6 Å². The summed E-state index contributed by atoms with van der Waals surface area (Å²) < 4.78 is 0. The molecule has 0 aliphatic heterocycles. The second-order valence-corrected chi connectivity index (χ2v) is 12.0. The first kappa shape index (κ1) is 23.3. The summed E-state index contributed by atoms with van der Waals surface area (Å²) in [5.41, 5.74) is 5.88. The molecule has 3 saturated carbocycles. The molecule has 6 aliphatic rings. The van der Waals surface area contributed by atoms with Crippen molar-refractivity contribution in [1.82, 2.24) is 0 Å². The molecule has 2 heteroatoms. The van der Waals surface area contributed by atoms with Crippen LogP contribution >= 0.6 is 0 Å². The van der Waals surface area contributed by atoms with Crippen molar-refractivity contribution in [3.63, 3.8) is 0 Å². The van der Waals surface area contributed by atoms with Crippen LogP contribution in [0.5, 0.6) is 0 Å². The fourth-order valence-corrected chi connectivity index (χ4v) is 9.91. The Balaban J connectivity index is 0.00000216. The Hall–Kier alpha value is -0.500. The Kier molecular flexibility index (Phi) is 5.83. The van der Waals surface area contributed by atoms with E-state index < -0.39 is 0 Å². The van der Waals surface area contributed by atoms with E-state index in [1.54, 1.807) is 5.57 Å². The average molecular weight is 595 g/mol. The topological polar surface area (TPSA) is 17.1 Å². The Morgan fingerprint density at radius 3 is 2.56 bits per heavy atom. The van der Waals surface area contributed by atoms with Gasteiger partial charge in [0.25, 0.3) is 0 Å². The Labute approximate surface area is 214 Å². The van der Waals surface area contributed by atoms with E-state index in [0.717, 1.165) is 42.9 Å². The smallest absolute Gasteiger partial charge is 0.155 e. The summed E-state index contributed by atoms with van der Waals surface area (Å²) >= 11 is 0. The van der Waals surface area contributed by atoms with Crippen LogP contribution in [0.1, 0.15) is 78.6 Å². The van der Waals surface area contributed by atoms with E-state index in [-0.39, 0.29) is 25.8 Å². The molecule has 0 saturated heterocycles. The monoisotopic (exact) mass is 596 g/mol. The van der Waals surface area contributed by atoms with E-state index in [4.69, 9.17) is 0 Å². The molecule has 32 heavy (non-hydrogen) atoms. The van der Waals surface area contributed by atoms with Gasteiger partial charge in [0, 0.05) is 37.7 Å². The van der Waals surface area contributed by atoms with Crippen LogP contribution in [0.3, 0.4) is 0 Å². The van der Waals surface area contributed by atoms with Crippen LogP contribution in [0.25, 0.3) is 0 Å². The SMILES string of the molecule is C=C[C@H]1CC2=CC(=O)CC[C@@H]2C=C2CC[C@@]3(C)[C@@H](C4CCC4[C@]3(CC)C3=CC3CC)[C@@H]21.[Hf]. The maximum Gasteiger partial charge on any atom is 0.155 e. The van der Waals surface area contributed by atoms with Crippen molar-refractivity contribution < 1.29 is 30.6 Å². The summed E-state index contributed by atoms with van der Waals surface area (Å²) in [6.07, 6.45) is 20.6. The molecular weight excluding hydrogens is 555 g/mol. The van der Waals surface area contributed by atoms with Crippen molar-refractivity contribution in [2.24, 2.45) is 52.3 Å². The number of hydrogen-bond donors (Lipinski definition) is 0. The molecule has 170 valence electrons. The minimum Gasteiger partial charge on any atom is -0.295 e. The van der Waals surface area contributed by atoms with Gasteiger partial charge in [-0.05, 0) is 104 Å². The van der Waals surface area contributed by atoms with Crippen LogP contribution < -0.4 is 0 Å². The molecule has 6 aliphatic carbocycles. The first-order chi connectivity index (χ1) is 15.0. The van der Waals surface area contributed by atoms with Gasteiger partial charge in [-0.1, -0.05) is 55.7 Å². The maximum atomic E-state index is 12.2. The molecule has 1 nitrogen and oxygen atoms in total. The number of ketones is 1. The van der Waals surface area contributed by atoms with Crippen LogP contribution in [0, 0.1) is 52.3 Å². The molecule has 0 heterocycles. The minimum atomic E-state index is 0. The van der Waals surface area contributed by atoms with Gasteiger partial charge < -0.3 is 0 Å². The van der Waals surface area contributed by atoms with E-state index >= 15 is 0 Å². The largest absolute Gasteiger partial charge is 0.295 e. The molecule has 0 aromatic rings. The molecule has 0 amide bonds. The second kappa shape index (κ2) is 8.03. The summed E-state index contributed by atoms with van der Waals surface area (Å²) in [6, 6.07) is 0. The molecular formula is C30H40HfO. The Morgan fingerprint density at radius 1 is 1.12 bits per heavy atom. The average Bonchev–Trinajstić information content (AvgIpc) is 3.52. The van der Waals surface area contributed by atoms with Crippen molar-refractivity contribution in [3.05, 3.63) is 47.6 Å². The maximum absolute atomic E-state index is 12.2. The Bertz CT molecular complexity index is 923. The molecule has 0 aromatic carbocycles. The van der Waals surface area contributed by atoms with Crippen LogP contribution in [0.15, 0.2) is 47.6 Å². The second-order valence-electron chi connectivity index (χ2n) is 12.0. The predicted molar refractivity (Wildman–Crippen MR) is 127 cm³/mol. The first-order valence-corrected chi connectivity index (χ1v) is 13.3. The zero-order valence-electron chi connectivity index (χ0n) is 20.3. The number of carbonyl (C=O) groups is 1. The molecule has 0 aromatic heterocycles. The third-order valence-electron chi connectivity index (χ3n) is 11.3. The molecule has 0 bridgehead atoms. The fraction of sp³-hybridized carbons (Fsp3) is 0.700. The summed E-state index contributed by atoms with van der Waals surface area (Å²) in [5.74, 6) is 5.40. The normalized spacial score (nSPS) is 48.3. The van der Waals surface area contributed by atoms with Gasteiger partial charge in [0.15, 0.2) is 5.78 Å². The molecule has 3 unspecified atom stereocenters. The molecule has 0 spiro atoms. The fourth-order valence-electron chi connectivity index (χ4n) is 9.91. The van der Waals surface area contributed by atoms with Gasteiger partial charge in [-0.15, -0.1) is 6.58 Å². The number of fused-ring (bicyclic) bond motifs is 6. The minimum absolute atomic E-state index is 0. The van der Waals surface area contributed by atoms with Gasteiger partial charge in [0.1, 0.15) is 0 Å². The van der Waals surface area contributed by atoms with Crippen molar-refractivity contribution in [1.29, 1.82) is 0 Å². The summed E-state index contributed by atoms with van der Waals surface area (Å²) in [6.45, 7) is 11.9.